The number of ether oxygens (including phenoxy) is 1. The van der Waals surface area contributed by atoms with Crippen LogP contribution < -0.4 is 5.32 Å². The third kappa shape index (κ3) is 8.90. The highest BCUT2D eigenvalue weighted by molar-refractivity contribution is 6.01. The summed E-state index contributed by atoms with van der Waals surface area (Å²) in [6, 6.07) is 0. The van der Waals surface area contributed by atoms with Crippen LogP contribution in [0.4, 0.5) is 0 Å². The molecule has 3 saturated carbocycles. The van der Waals surface area contributed by atoms with Crippen LogP contribution in [0.5, 0.6) is 0 Å². The first-order chi connectivity index (χ1) is 21.1. The molecule has 4 fully saturated rings. The summed E-state index contributed by atoms with van der Waals surface area (Å²) in [5, 5.41) is 13.6. The number of aliphatic hydroxyl groups excluding tert-OH is 1. The number of nitrogens with zero attached hydrogens (tertiary/aromatic N) is 1. The van der Waals surface area contributed by atoms with Crippen molar-refractivity contribution in [1.29, 1.82) is 0 Å². The zero-order chi connectivity index (χ0) is 31.7. The van der Waals surface area contributed by atoms with Gasteiger partial charge in [0.25, 0.3) is 11.8 Å². The molecule has 3 amide bonds. The summed E-state index contributed by atoms with van der Waals surface area (Å²) in [6.45, 7) is 10.2. The molecule has 9 heteroatoms. The fourth-order valence-corrected chi connectivity index (χ4v) is 7.97. The summed E-state index contributed by atoms with van der Waals surface area (Å²) in [5.74, 6) is 0.273. The van der Waals surface area contributed by atoms with Gasteiger partial charge in [0, 0.05) is 32.4 Å². The van der Waals surface area contributed by atoms with Crippen molar-refractivity contribution in [3.8, 4) is 0 Å². The molecule has 0 bridgehead atoms. The number of imide groups is 1. The number of fused-ring (bicyclic) bond motifs is 1. The Bertz CT molecular complexity index is 1130. The molecule has 2 N–H and O–H groups in total. The largest absolute Gasteiger partial charge is 0.393 e. The second-order valence-electron chi connectivity index (χ2n) is 13.5. The SMILES string of the molecule is C=C1CC[C@H](O)C/C1=C/C=C1\CCC[C@]2(C)[C@@H]([C@H](C)CCCC(=O)NCCOCCCC(=O)ON3C(=O)CCC3=O)CC[C@@H]12. The number of allylic oxidation sites excluding steroid dienone is 4. The van der Waals surface area contributed by atoms with E-state index >= 15 is 0 Å². The number of carbonyl (C=O) groups is 4. The van der Waals surface area contributed by atoms with E-state index in [0.717, 1.165) is 32.1 Å². The molecule has 0 aromatic rings. The van der Waals surface area contributed by atoms with Crippen LogP contribution in [0.1, 0.15) is 110 Å². The predicted molar refractivity (Wildman–Crippen MR) is 167 cm³/mol. The van der Waals surface area contributed by atoms with E-state index in [1.165, 1.54) is 43.3 Å². The van der Waals surface area contributed by atoms with Crippen LogP contribution in [-0.2, 0) is 28.8 Å². The Labute approximate surface area is 262 Å². The number of hydrogen-bond donors (Lipinski definition) is 2. The first kappa shape index (κ1) is 34.1. The Hall–Kier alpha value is -2.78. The van der Waals surface area contributed by atoms with Gasteiger partial charge >= 0.3 is 5.97 Å². The lowest BCUT2D eigenvalue weighted by atomic mass is 9.60. The fraction of sp³-hybridized carbons (Fsp3) is 0.714. The smallest absolute Gasteiger partial charge is 0.333 e. The van der Waals surface area contributed by atoms with E-state index in [-0.39, 0.29) is 31.3 Å². The van der Waals surface area contributed by atoms with Crippen LogP contribution in [0.2, 0.25) is 0 Å². The van der Waals surface area contributed by atoms with E-state index in [1.54, 1.807) is 5.57 Å². The molecule has 5 atom stereocenters. The number of hydroxylamine groups is 2. The molecule has 1 aliphatic heterocycles. The van der Waals surface area contributed by atoms with Gasteiger partial charge in [-0.15, -0.1) is 5.06 Å². The summed E-state index contributed by atoms with van der Waals surface area (Å²) in [5.41, 5.74) is 4.27. The monoisotopic (exact) mass is 612 g/mol. The molecule has 244 valence electrons. The zero-order valence-corrected chi connectivity index (χ0v) is 26.7. The molecule has 0 spiro atoms. The van der Waals surface area contributed by atoms with Crippen LogP contribution >= 0.6 is 0 Å². The lowest BCUT2D eigenvalue weighted by Crippen LogP contribution is -2.36. The second-order valence-corrected chi connectivity index (χ2v) is 13.5. The number of amides is 3. The maximum Gasteiger partial charge on any atom is 0.333 e. The van der Waals surface area contributed by atoms with Crippen molar-refractivity contribution < 1.29 is 33.9 Å². The van der Waals surface area contributed by atoms with Gasteiger partial charge in [-0.3, -0.25) is 14.4 Å². The molecule has 3 aliphatic carbocycles. The van der Waals surface area contributed by atoms with E-state index in [0.29, 0.717) is 60.8 Å². The highest BCUT2D eigenvalue weighted by Crippen LogP contribution is 2.60. The second kappa shape index (κ2) is 16.0. The molecule has 9 nitrogen and oxygen atoms in total. The number of nitrogens with one attached hydrogen (secondary N) is 1. The third-order valence-electron chi connectivity index (χ3n) is 10.4. The topological polar surface area (TPSA) is 122 Å². The molecule has 4 rings (SSSR count). The Morgan fingerprint density at radius 3 is 2.61 bits per heavy atom. The lowest BCUT2D eigenvalue weighted by molar-refractivity contribution is -0.197. The molecule has 0 aromatic carbocycles. The van der Waals surface area contributed by atoms with Gasteiger partial charge in [-0.2, -0.15) is 0 Å². The van der Waals surface area contributed by atoms with E-state index in [2.05, 4.69) is 37.9 Å². The zero-order valence-electron chi connectivity index (χ0n) is 26.7. The van der Waals surface area contributed by atoms with Gasteiger partial charge in [0.2, 0.25) is 5.91 Å². The van der Waals surface area contributed by atoms with Gasteiger partial charge in [-0.05, 0) is 99.4 Å². The van der Waals surface area contributed by atoms with Gasteiger partial charge in [0.05, 0.1) is 19.1 Å². The lowest BCUT2D eigenvalue weighted by Gasteiger charge is -2.44. The van der Waals surface area contributed by atoms with Crippen molar-refractivity contribution in [3.63, 3.8) is 0 Å². The third-order valence-corrected chi connectivity index (χ3v) is 10.4. The molecule has 1 saturated heterocycles. The summed E-state index contributed by atoms with van der Waals surface area (Å²) in [6.07, 6.45) is 15.9. The van der Waals surface area contributed by atoms with E-state index in [9.17, 15) is 24.3 Å². The summed E-state index contributed by atoms with van der Waals surface area (Å²) < 4.78 is 5.50. The van der Waals surface area contributed by atoms with Crippen LogP contribution in [0, 0.1) is 23.2 Å². The molecule has 0 unspecified atom stereocenters. The normalized spacial score (nSPS) is 29.8. The quantitative estimate of drug-likeness (QED) is 0.197. The van der Waals surface area contributed by atoms with Crippen molar-refractivity contribution >= 4 is 23.7 Å². The highest BCUT2D eigenvalue weighted by Gasteiger charge is 2.50. The van der Waals surface area contributed by atoms with E-state index < -0.39 is 17.8 Å². The van der Waals surface area contributed by atoms with Gasteiger partial charge < -0.3 is 20.0 Å². The molecule has 0 aromatic heterocycles. The summed E-state index contributed by atoms with van der Waals surface area (Å²) in [7, 11) is 0. The van der Waals surface area contributed by atoms with Gasteiger partial charge in [-0.1, -0.05) is 43.7 Å². The molecular formula is C35H52N2O7. The summed E-state index contributed by atoms with van der Waals surface area (Å²) >= 11 is 0. The van der Waals surface area contributed by atoms with Gasteiger partial charge in [0.15, 0.2) is 0 Å². The Morgan fingerprint density at radius 1 is 1.07 bits per heavy atom. The minimum atomic E-state index is -0.636. The first-order valence-electron chi connectivity index (χ1n) is 16.8. The molecule has 44 heavy (non-hydrogen) atoms. The van der Waals surface area contributed by atoms with Crippen molar-refractivity contribution in [2.75, 3.05) is 19.8 Å². The fourth-order valence-electron chi connectivity index (χ4n) is 7.97. The molecule has 1 heterocycles. The maximum absolute atomic E-state index is 12.4. The van der Waals surface area contributed by atoms with Gasteiger partial charge in [-0.25, -0.2) is 4.79 Å². The van der Waals surface area contributed by atoms with Crippen molar-refractivity contribution in [1.82, 2.24) is 10.4 Å². The van der Waals surface area contributed by atoms with Crippen molar-refractivity contribution in [3.05, 3.63) is 35.5 Å². The summed E-state index contributed by atoms with van der Waals surface area (Å²) in [4.78, 5) is 52.0. The van der Waals surface area contributed by atoms with Crippen LogP contribution in [-0.4, -0.2) is 59.7 Å². The Balaban J connectivity index is 1.10. The Morgan fingerprint density at radius 2 is 1.84 bits per heavy atom. The highest BCUT2D eigenvalue weighted by atomic mass is 16.7. The number of carbonyl (C=O) groups excluding carboxylic acids is 4. The van der Waals surface area contributed by atoms with Crippen LogP contribution in [0.3, 0.4) is 0 Å². The first-order valence-corrected chi connectivity index (χ1v) is 16.8. The maximum atomic E-state index is 12.4. The average molecular weight is 613 g/mol. The van der Waals surface area contributed by atoms with Crippen LogP contribution in [0.25, 0.3) is 0 Å². The minimum absolute atomic E-state index is 0.0326. The van der Waals surface area contributed by atoms with Crippen molar-refractivity contribution in [2.45, 2.75) is 116 Å². The molecule has 0 radical (unpaired) electrons. The van der Waals surface area contributed by atoms with Crippen molar-refractivity contribution in [2.24, 2.45) is 23.2 Å². The predicted octanol–water partition coefficient (Wildman–Crippen LogP) is 5.48. The standard InChI is InChI=1S/C35H52N2O7/c1-24-11-14-28(38)23-27(24)13-12-26-8-5-19-35(3)29(15-16-30(26)35)25(2)7-4-9-31(39)36-20-22-43-21-6-10-34(42)44-37-32(40)17-18-33(37)41/h12-13,25,28-30,38H,1,4-11,14-23H2,2-3H3,(H,36,39)/b26-12+,27-13-/t25-,28+,29-,30+,35-/m1/s1. The average Bonchev–Trinajstić information content (AvgIpc) is 3.51. The molecule has 4 aliphatic rings. The minimum Gasteiger partial charge on any atom is -0.393 e. The Kier molecular flexibility index (Phi) is 12.4. The van der Waals surface area contributed by atoms with Crippen LogP contribution in [0.15, 0.2) is 35.5 Å². The number of rotatable bonds is 14. The van der Waals surface area contributed by atoms with Gasteiger partial charge in [0.1, 0.15) is 0 Å². The number of aliphatic hydroxyl groups is 1. The molecular weight excluding hydrogens is 560 g/mol. The van der Waals surface area contributed by atoms with E-state index in [1.807, 2.05) is 0 Å². The number of hydrogen-bond acceptors (Lipinski definition) is 7. The van der Waals surface area contributed by atoms with E-state index in [4.69, 9.17) is 9.57 Å².